The van der Waals surface area contributed by atoms with Gasteiger partial charge in [-0.2, -0.15) is 0 Å². The van der Waals surface area contributed by atoms with Crippen LogP contribution in [0.3, 0.4) is 0 Å². The Morgan fingerprint density at radius 2 is 1.52 bits per heavy atom. The second-order valence-electron chi connectivity index (χ2n) is 6.41. The molecule has 9 heteroatoms. The number of carbonyl (C=O) groups excluding carboxylic acids is 2. The predicted octanol–water partition coefficient (Wildman–Crippen LogP) is 4.29. The van der Waals surface area contributed by atoms with Gasteiger partial charge in [0.1, 0.15) is 18.2 Å². The third-order valence-corrected chi connectivity index (χ3v) is 4.51. The van der Waals surface area contributed by atoms with Gasteiger partial charge in [0, 0.05) is 5.56 Å². The zero-order valence-corrected chi connectivity index (χ0v) is 19.6. The van der Waals surface area contributed by atoms with Crippen molar-refractivity contribution in [1.82, 2.24) is 0 Å². The summed E-state index contributed by atoms with van der Waals surface area (Å²) in [4.78, 5) is 24.0. The maximum atomic E-state index is 12.7. The molecule has 8 nitrogen and oxygen atoms in total. The van der Waals surface area contributed by atoms with Crippen LogP contribution in [0.2, 0.25) is 0 Å². The van der Waals surface area contributed by atoms with Crippen LogP contribution in [0.5, 0.6) is 28.7 Å². The highest BCUT2D eigenvalue weighted by Crippen LogP contribution is 2.38. The smallest absolute Gasteiger partial charge is 0.349 e. The number of carbonyl (C=O) groups is 2. The van der Waals surface area contributed by atoms with Gasteiger partial charge in [0.15, 0.2) is 28.8 Å². The largest absolute Gasteiger partial charge is 0.493 e. The van der Waals surface area contributed by atoms with E-state index in [2.05, 4.69) is 6.58 Å². The van der Waals surface area contributed by atoms with Crippen LogP contribution in [0.4, 0.5) is 0 Å². The van der Waals surface area contributed by atoms with Gasteiger partial charge in [-0.3, -0.25) is 4.79 Å². The number of esters is 1. The van der Waals surface area contributed by atoms with Crippen molar-refractivity contribution in [1.29, 1.82) is 0 Å². The van der Waals surface area contributed by atoms with Gasteiger partial charge in [0.05, 0.1) is 28.4 Å². The van der Waals surface area contributed by atoms with Crippen LogP contribution in [0, 0.1) is 0 Å². The van der Waals surface area contributed by atoms with Gasteiger partial charge in [-0.05, 0) is 35.9 Å². The van der Waals surface area contributed by atoms with E-state index in [1.54, 1.807) is 36.4 Å². The van der Waals surface area contributed by atoms with Gasteiger partial charge in [-0.1, -0.05) is 30.3 Å². The minimum absolute atomic E-state index is 0.0204. The molecule has 0 radical (unpaired) electrons. The lowest BCUT2D eigenvalue weighted by Gasteiger charge is -2.13. The van der Waals surface area contributed by atoms with E-state index in [0.717, 1.165) is 0 Å². The minimum atomic E-state index is -0.714. The number of rotatable bonds is 12. The molecule has 0 fully saturated rings. The first kappa shape index (κ1) is 25.6. The summed E-state index contributed by atoms with van der Waals surface area (Å²) in [6.45, 7) is 3.34. The molecular formula is C24H25ClO8. The number of halogens is 1. The second-order valence-corrected chi connectivity index (χ2v) is 6.87. The van der Waals surface area contributed by atoms with E-state index in [1.807, 2.05) is 0 Å². The standard InChI is InChI=1S/C24H25ClO8/c1-15(25)24(27)33-11-10-32-20-12-16(7-9-19(20)28-2)6-8-18(26)17-13-21(29-3)23(31-5)22(14-17)30-4/h6-9,12-14H,1,10-11H2,2-5H3/b8-6+. The van der Waals surface area contributed by atoms with Crippen molar-refractivity contribution in [3.8, 4) is 28.7 Å². The van der Waals surface area contributed by atoms with E-state index >= 15 is 0 Å². The molecule has 0 N–H and O–H groups in total. The first-order valence-electron chi connectivity index (χ1n) is 9.69. The highest BCUT2D eigenvalue weighted by atomic mass is 35.5. The summed E-state index contributed by atoms with van der Waals surface area (Å²) in [7, 11) is 5.95. The molecule has 2 aromatic carbocycles. The fourth-order valence-electron chi connectivity index (χ4n) is 2.77. The highest BCUT2D eigenvalue weighted by Gasteiger charge is 2.16. The Kier molecular flexibility index (Phi) is 9.62. The molecule has 0 aliphatic rings. The number of ether oxygens (including phenoxy) is 6. The van der Waals surface area contributed by atoms with Crippen molar-refractivity contribution in [2.75, 3.05) is 41.7 Å². The van der Waals surface area contributed by atoms with Crippen LogP contribution in [-0.4, -0.2) is 53.4 Å². The van der Waals surface area contributed by atoms with Crippen LogP contribution >= 0.6 is 11.6 Å². The SMILES string of the molecule is C=C(Cl)C(=O)OCCOc1cc(/C=C/C(=O)c2cc(OC)c(OC)c(OC)c2)ccc1OC. The number of allylic oxidation sites excluding steroid dienone is 1. The van der Waals surface area contributed by atoms with E-state index in [0.29, 0.717) is 39.9 Å². The quantitative estimate of drug-likeness (QED) is 0.194. The molecular weight excluding hydrogens is 452 g/mol. The molecule has 0 spiro atoms. The summed E-state index contributed by atoms with van der Waals surface area (Å²) in [6.07, 6.45) is 3.05. The molecule has 0 aliphatic carbocycles. The van der Waals surface area contributed by atoms with E-state index in [4.69, 9.17) is 40.0 Å². The van der Waals surface area contributed by atoms with Crippen LogP contribution in [0.15, 0.2) is 48.0 Å². The summed E-state index contributed by atoms with van der Waals surface area (Å²) < 4.78 is 31.7. The van der Waals surface area contributed by atoms with Crippen molar-refractivity contribution in [2.45, 2.75) is 0 Å². The van der Waals surface area contributed by atoms with Crippen LogP contribution in [-0.2, 0) is 9.53 Å². The minimum Gasteiger partial charge on any atom is -0.493 e. The Labute approximate surface area is 197 Å². The zero-order chi connectivity index (χ0) is 24.4. The van der Waals surface area contributed by atoms with E-state index in [-0.39, 0.29) is 24.0 Å². The Morgan fingerprint density at radius 3 is 2.06 bits per heavy atom. The number of ketones is 1. The Hall–Kier alpha value is -3.65. The van der Waals surface area contributed by atoms with Crippen LogP contribution in [0.1, 0.15) is 15.9 Å². The first-order valence-corrected chi connectivity index (χ1v) is 10.1. The third-order valence-electron chi connectivity index (χ3n) is 4.36. The van der Waals surface area contributed by atoms with Crippen molar-refractivity contribution < 1.29 is 38.0 Å². The third kappa shape index (κ3) is 6.92. The topological polar surface area (TPSA) is 89.5 Å². The van der Waals surface area contributed by atoms with Crippen molar-refractivity contribution >= 4 is 29.4 Å². The lowest BCUT2D eigenvalue weighted by Crippen LogP contribution is -2.12. The van der Waals surface area contributed by atoms with Crippen LogP contribution < -0.4 is 23.7 Å². The molecule has 0 heterocycles. The first-order chi connectivity index (χ1) is 15.8. The van der Waals surface area contributed by atoms with Gasteiger partial charge in [-0.25, -0.2) is 4.79 Å². The van der Waals surface area contributed by atoms with Gasteiger partial charge >= 0.3 is 5.97 Å². The number of hydrogen-bond acceptors (Lipinski definition) is 8. The molecule has 0 aliphatic heterocycles. The summed E-state index contributed by atoms with van der Waals surface area (Å²) >= 11 is 5.46. The fourth-order valence-corrected chi connectivity index (χ4v) is 2.82. The maximum absolute atomic E-state index is 12.7. The summed E-state index contributed by atoms with van der Waals surface area (Å²) in [5.41, 5.74) is 1.06. The summed E-state index contributed by atoms with van der Waals surface area (Å²) in [6, 6.07) is 8.31. The molecule has 176 valence electrons. The number of benzene rings is 2. The van der Waals surface area contributed by atoms with E-state index < -0.39 is 5.97 Å². The normalized spacial score (nSPS) is 10.5. The molecule has 2 rings (SSSR count). The van der Waals surface area contributed by atoms with Gasteiger partial charge < -0.3 is 28.4 Å². The van der Waals surface area contributed by atoms with Crippen molar-refractivity contribution in [3.05, 3.63) is 59.1 Å². The molecule has 0 bridgehead atoms. The molecule has 0 aromatic heterocycles. The molecule has 33 heavy (non-hydrogen) atoms. The zero-order valence-electron chi connectivity index (χ0n) is 18.8. The van der Waals surface area contributed by atoms with Crippen LogP contribution in [0.25, 0.3) is 6.08 Å². The molecule has 0 unspecified atom stereocenters. The number of hydrogen-bond donors (Lipinski definition) is 0. The van der Waals surface area contributed by atoms with Gasteiger partial charge in [0.2, 0.25) is 5.75 Å². The molecule has 0 atom stereocenters. The summed E-state index contributed by atoms with van der Waals surface area (Å²) in [5.74, 6) is 1.09. The van der Waals surface area contributed by atoms with Gasteiger partial charge in [0.25, 0.3) is 0 Å². The maximum Gasteiger partial charge on any atom is 0.349 e. The molecule has 0 amide bonds. The fraction of sp³-hybridized carbons (Fsp3) is 0.250. The van der Waals surface area contributed by atoms with E-state index in [9.17, 15) is 9.59 Å². The second kappa shape index (κ2) is 12.4. The average molecular weight is 477 g/mol. The number of methoxy groups -OCH3 is 4. The molecule has 0 saturated heterocycles. The lowest BCUT2D eigenvalue weighted by atomic mass is 10.1. The predicted molar refractivity (Wildman–Crippen MR) is 124 cm³/mol. The molecule has 2 aromatic rings. The monoisotopic (exact) mass is 476 g/mol. The Balaban J connectivity index is 2.15. The van der Waals surface area contributed by atoms with Crippen molar-refractivity contribution in [2.24, 2.45) is 0 Å². The molecule has 0 saturated carbocycles. The van der Waals surface area contributed by atoms with Gasteiger partial charge in [-0.15, -0.1) is 0 Å². The summed E-state index contributed by atoms with van der Waals surface area (Å²) in [5, 5.41) is -0.212. The van der Waals surface area contributed by atoms with E-state index in [1.165, 1.54) is 34.5 Å². The Bertz CT molecular complexity index is 1020. The highest BCUT2D eigenvalue weighted by molar-refractivity contribution is 6.40. The lowest BCUT2D eigenvalue weighted by molar-refractivity contribution is -0.138. The Morgan fingerprint density at radius 1 is 0.879 bits per heavy atom. The van der Waals surface area contributed by atoms with Crippen molar-refractivity contribution in [3.63, 3.8) is 0 Å². The average Bonchev–Trinajstić information content (AvgIpc) is 2.83.